The fourth-order valence-electron chi connectivity index (χ4n) is 2.54. The second-order valence-electron chi connectivity index (χ2n) is 5.35. The van der Waals surface area contributed by atoms with Crippen molar-refractivity contribution in [1.82, 2.24) is 4.31 Å². The van der Waals surface area contributed by atoms with Crippen LogP contribution in [0.2, 0.25) is 0 Å². The van der Waals surface area contributed by atoms with E-state index in [1.54, 1.807) is 24.3 Å². The van der Waals surface area contributed by atoms with Crippen LogP contribution in [-0.2, 0) is 29.7 Å². The molecular formula is C16H17NO3S. The zero-order valence-corrected chi connectivity index (χ0v) is 12.6. The van der Waals surface area contributed by atoms with E-state index in [2.05, 4.69) is 0 Å². The Bertz CT molecular complexity index is 767. The Balaban J connectivity index is 1.91. The van der Waals surface area contributed by atoms with Crippen molar-refractivity contribution < 1.29 is 13.5 Å². The van der Waals surface area contributed by atoms with Crippen molar-refractivity contribution in [2.45, 2.75) is 31.5 Å². The highest BCUT2D eigenvalue weighted by molar-refractivity contribution is 7.89. The van der Waals surface area contributed by atoms with E-state index in [4.69, 9.17) is 5.11 Å². The fraction of sp³-hybridized carbons (Fsp3) is 0.250. The van der Waals surface area contributed by atoms with Gasteiger partial charge in [-0.1, -0.05) is 35.9 Å². The van der Waals surface area contributed by atoms with Crippen LogP contribution < -0.4 is 0 Å². The molecule has 5 heteroatoms. The first-order chi connectivity index (χ1) is 10.0. The van der Waals surface area contributed by atoms with Gasteiger partial charge in [0.1, 0.15) is 0 Å². The highest BCUT2D eigenvalue weighted by Crippen LogP contribution is 2.29. The van der Waals surface area contributed by atoms with Gasteiger partial charge in [0.05, 0.1) is 11.5 Å². The number of benzene rings is 2. The third kappa shape index (κ3) is 2.60. The average molecular weight is 303 g/mol. The Morgan fingerprint density at radius 2 is 1.71 bits per heavy atom. The molecule has 0 aromatic heterocycles. The van der Waals surface area contributed by atoms with Gasteiger partial charge in [-0.2, -0.15) is 4.31 Å². The van der Waals surface area contributed by atoms with Gasteiger partial charge >= 0.3 is 0 Å². The van der Waals surface area contributed by atoms with E-state index >= 15 is 0 Å². The molecule has 1 N–H and O–H groups in total. The Morgan fingerprint density at radius 3 is 2.38 bits per heavy atom. The minimum atomic E-state index is -3.47. The standard InChI is InChI=1S/C16H17NO3S/c1-12-2-6-16(7-3-12)21(19,20)17-9-14-5-4-13(11-18)8-15(14)10-17/h2-8,18H,9-11H2,1H3. The first-order valence-electron chi connectivity index (χ1n) is 6.79. The quantitative estimate of drug-likeness (QED) is 0.945. The molecule has 21 heavy (non-hydrogen) atoms. The number of fused-ring (bicyclic) bond motifs is 1. The summed E-state index contributed by atoms with van der Waals surface area (Å²) in [5.74, 6) is 0. The molecular weight excluding hydrogens is 286 g/mol. The molecule has 2 aromatic rings. The predicted octanol–water partition coefficient (Wildman–Crippen LogP) is 2.19. The molecule has 0 fully saturated rings. The molecule has 0 aliphatic carbocycles. The van der Waals surface area contributed by atoms with Crippen LogP contribution in [0.1, 0.15) is 22.3 Å². The highest BCUT2D eigenvalue weighted by atomic mass is 32.2. The summed E-state index contributed by atoms with van der Waals surface area (Å²) in [6.07, 6.45) is 0. The highest BCUT2D eigenvalue weighted by Gasteiger charge is 2.30. The lowest BCUT2D eigenvalue weighted by Gasteiger charge is -2.15. The monoisotopic (exact) mass is 303 g/mol. The summed E-state index contributed by atoms with van der Waals surface area (Å²) in [4.78, 5) is 0.322. The minimum absolute atomic E-state index is 0.0298. The van der Waals surface area contributed by atoms with Gasteiger partial charge in [0.25, 0.3) is 0 Å². The molecule has 1 heterocycles. The second-order valence-corrected chi connectivity index (χ2v) is 7.29. The number of rotatable bonds is 3. The SMILES string of the molecule is Cc1ccc(S(=O)(=O)N2Cc3ccc(CO)cc3C2)cc1. The number of aryl methyl sites for hydroxylation is 1. The molecule has 0 bridgehead atoms. The summed E-state index contributed by atoms with van der Waals surface area (Å²) in [6.45, 7) is 2.65. The number of aliphatic hydroxyl groups excluding tert-OH is 1. The van der Waals surface area contributed by atoms with Crippen LogP contribution >= 0.6 is 0 Å². The van der Waals surface area contributed by atoms with Crippen molar-refractivity contribution in [1.29, 1.82) is 0 Å². The minimum Gasteiger partial charge on any atom is -0.392 e. The lowest BCUT2D eigenvalue weighted by Crippen LogP contribution is -2.25. The molecule has 0 spiro atoms. The van der Waals surface area contributed by atoms with Crippen LogP contribution in [0.15, 0.2) is 47.4 Å². The van der Waals surface area contributed by atoms with Gasteiger partial charge in [0.15, 0.2) is 0 Å². The van der Waals surface area contributed by atoms with Crippen molar-refractivity contribution in [2.75, 3.05) is 0 Å². The Kier molecular flexibility index (Phi) is 3.57. The van der Waals surface area contributed by atoms with E-state index < -0.39 is 10.0 Å². The zero-order valence-electron chi connectivity index (χ0n) is 11.8. The van der Waals surface area contributed by atoms with E-state index in [9.17, 15) is 8.42 Å². The molecule has 4 nitrogen and oxygen atoms in total. The van der Waals surface area contributed by atoms with E-state index in [1.807, 2.05) is 25.1 Å². The molecule has 2 aromatic carbocycles. The number of aliphatic hydroxyl groups is 1. The third-order valence-electron chi connectivity index (χ3n) is 3.81. The molecule has 0 atom stereocenters. The molecule has 0 saturated heterocycles. The normalized spacial score (nSPS) is 15.1. The summed E-state index contributed by atoms with van der Waals surface area (Å²) in [6, 6.07) is 12.5. The summed E-state index contributed by atoms with van der Waals surface area (Å²) >= 11 is 0. The maximum absolute atomic E-state index is 12.6. The topological polar surface area (TPSA) is 57.6 Å². The van der Waals surface area contributed by atoms with E-state index in [-0.39, 0.29) is 6.61 Å². The van der Waals surface area contributed by atoms with Crippen molar-refractivity contribution in [3.63, 3.8) is 0 Å². The number of hydrogen-bond acceptors (Lipinski definition) is 3. The molecule has 1 aliphatic rings. The van der Waals surface area contributed by atoms with Crippen molar-refractivity contribution in [2.24, 2.45) is 0 Å². The Morgan fingerprint density at radius 1 is 1.05 bits per heavy atom. The molecule has 0 radical (unpaired) electrons. The first kappa shape index (κ1) is 14.3. The summed E-state index contributed by atoms with van der Waals surface area (Å²) in [7, 11) is -3.47. The first-order valence-corrected chi connectivity index (χ1v) is 8.23. The largest absolute Gasteiger partial charge is 0.392 e. The summed E-state index contributed by atoms with van der Waals surface area (Å²) in [5.41, 5.74) is 3.81. The third-order valence-corrected chi connectivity index (χ3v) is 5.61. The van der Waals surface area contributed by atoms with E-state index in [0.29, 0.717) is 18.0 Å². The number of hydrogen-bond donors (Lipinski definition) is 1. The number of nitrogens with zero attached hydrogens (tertiary/aromatic N) is 1. The van der Waals surface area contributed by atoms with Gasteiger partial charge in [0.2, 0.25) is 10.0 Å². The summed E-state index contributed by atoms with van der Waals surface area (Å²) in [5, 5.41) is 9.17. The van der Waals surface area contributed by atoms with Crippen LogP contribution in [0.3, 0.4) is 0 Å². The van der Waals surface area contributed by atoms with Gasteiger partial charge in [-0.3, -0.25) is 0 Å². The van der Waals surface area contributed by atoms with Crippen LogP contribution in [-0.4, -0.2) is 17.8 Å². The van der Waals surface area contributed by atoms with Crippen LogP contribution in [0, 0.1) is 6.92 Å². The molecule has 0 unspecified atom stereocenters. The van der Waals surface area contributed by atoms with Crippen LogP contribution in [0.25, 0.3) is 0 Å². The van der Waals surface area contributed by atoms with Crippen molar-refractivity contribution >= 4 is 10.0 Å². The van der Waals surface area contributed by atoms with Crippen molar-refractivity contribution in [3.05, 3.63) is 64.7 Å². The average Bonchev–Trinajstić information content (AvgIpc) is 2.91. The lowest BCUT2D eigenvalue weighted by atomic mass is 10.1. The van der Waals surface area contributed by atoms with Crippen LogP contribution in [0.5, 0.6) is 0 Å². The smallest absolute Gasteiger partial charge is 0.243 e. The fourth-order valence-corrected chi connectivity index (χ4v) is 3.94. The molecule has 3 rings (SSSR count). The molecule has 1 aliphatic heterocycles. The predicted molar refractivity (Wildman–Crippen MR) is 80.0 cm³/mol. The molecule has 110 valence electrons. The molecule has 0 saturated carbocycles. The van der Waals surface area contributed by atoms with E-state index in [0.717, 1.165) is 22.3 Å². The Labute approximate surface area is 124 Å². The second kappa shape index (κ2) is 5.26. The number of sulfonamides is 1. The maximum Gasteiger partial charge on any atom is 0.243 e. The maximum atomic E-state index is 12.6. The molecule has 0 amide bonds. The lowest BCUT2D eigenvalue weighted by molar-refractivity contribution is 0.281. The van der Waals surface area contributed by atoms with Gasteiger partial charge in [-0.15, -0.1) is 0 Å². The van der Waals surface area contributed by atoms with Gasteiger partial charge in [-0.25, -0.2) is 8.42 Å². The van der Waals surface area contributed by atoms with Gasteiger partial charge < -0.3 is 5.11 Å². The van der Waals surface area contributed by atoms with Crippen LogP contribution in [0.4, 0.5) is 0 Å². The Hall–Kier alpha value is -1.69. The van der Waals surface area contributed by atoms with E-state index in [1.165, 1.54) is 4.31 Å². The summed E-state index contributed by atoms with van der Waals surface area (Å²) < 4.78 is 26.8. The van der Waals surface area contributed by atoms with Gasteiger partial charge in [-0.05, 0) is 35.7 Å². The van der Waals surface area contributed by atoms with Gasteiger partial charge in [0, 0.05) is 13.1 Å². The zero-order chi connectivity index (χ0) is 15.0. The van der Waals surface area contributed by atoms with Crippen molar-refractivity contribution in [3.8, 4) is 0 Å².